The molecule has 3 amide bonds. The average molecular weight is 486 g/mol. The number of fused-ring (bicyclic) bond motifs is 1. The summed E-state index contributed by atoms with van der Waals surface area (Å²) >= 11 is 0. The molecule has 3 heterocycles. The summed E-state index contributed by atoms with van der Waals surface area (Å²) in [6.45, 7) is 10.3. The van der Waals surface area contributed by atoms with Crippen LogP contribution in [0, 0.1) is 23.7 Å². The molecule has 0 saturated carbocycles. The number of nitrogens with one attached hydrogen (secondary N) is 2. The SMILES string of the molecule is CCCNC(=O)[C@@H]1[C@H]2C(=O)N([C@@H](CO)C(C)C)C(C(=O)NCc3ccccc3)C23CC(C)[C@@]1(C)O3. The first kappa shape index (κ1) is 25.6. The lowest BCUT2D eigenvalue weighted by Crippen LogP contribution is -2.59. The quantitative estimate of drug-likeness (QED) is 0.495. The van der Waals surface area contributed by atoms with E-state index < -0.39 is 35.1 Å². The van der Waals surface area contributed by atoms with Gasteiger partial charge in [-0.1, -0.05) is 58.0 Å². The summed E-state index contributed by atoms with van der Waals surface area (Å²) < 4.78 is 6.69. The van der Waals surface area contributed by atoms with Crippen molar-refractivity contribution < 1.29 is 24.2 Å². The lowest BCUT2D eigenvalue weighted by atomic mass is 9.62. The maximum atomic E-state index is 14.1. The summed E-state index contributed by atoms with van der Waals surface area (Å²) in [5, 5.41) is 16.2. The lowest BCUT2D eigenvalue weighted by molar-refractivity contribution is -0.152. The molecule has 3 unspecified atom stereocenters. The van der Waals surface area contributed by atoms with Gasteiger partial charge in [-0.3, -0.25) is 14.4 Å². The molecule has 4 rings (SSSR count). The van der Waals surface area contributed by atoms with Gasteiger partial charge in [0.1, 0.15) is 11.6 Å². The van der Waals surface area contributed by atoms with Crippen molar-refractivity contribution in [2.24, 2.45) is 23.7 Å². The Hall–Kier alpha value is -2.45. The van der Waals surface area contributed by atoms with E-state index in [0.717, 1.165) is 12.0 Å². The van der Waals surface area contributed by atoms with Crippen molar-refractivity contribution in [1.29, 1.82) is 0 Å². The van der Waals surface area contributed by atoms with E-state index in [4.69, 9.17) is 4.74 Å². The molecule has 3 saturated heterocycles. The van der Waals surface area contributed by atoms with Gasteiger partial charge in [-0.15, -0.1) is 0 Å². The number of likely N-dealkylation sites (tertiary alicyclic amines) is 1. The molecule has 35 heavy (non-hydrogen) atoms. The molecule has 192 valence electrons. The second kappa shape index (κ2) is 9.54. The highest BCUT2D eigenvalue weighted by molar-refractivity contribution is 5.99. The number of benzene rings is 1. The van der Waals surface area contributed by atoms with E-state index in [9.17, 15) is 19.5 Å². The van der Waals surface area contributed by atoms with Crippen LogP contribution >= 0.6 is 0 Å². The van der Waals surface area contributed by atoms with Gasteiger partial charge in [-0.25, -0.2) is 0 Å². The minimum Gasteiger partial charge on any atom is -0.394 e. The Morgan fingerprint density at radius 3 is 2.49 bits per heavy atom. The molecule has 0 aliphatic carbocycles. The molecule has 2 bridgehead atoms. The third-order valence-electron chi connectivity index (χ3n) is 8.46. The zero-order valence-corrected chi connectivity index (χ0v) is 21.4. The van der Waals surface area contributed by atoms with E-state index in [1.807, 2.05) is 65.0 Å². The molecule has 3 aliphatic rings. The summed E-state index contributed by atoms with van der Waals surface area (Å²) in [5.41, 5.74) is -1.00. The number of aliphatic hydroxyl groups excluding tert-OH is 1. The number of amides is 3. The molecule has 7 atom stereocenters. The van der Waals surface area contributed by atoms with Crippen LogP contribution in [0.2, 0.25) is 0 Å². The molecule has 1 spiro atoms. The summed E-state index contributed by atoms with van der Waals surface area (Å²) in [7, 11) is 0. The molecule has 0 radical (unpaired) electrons. The second-order valence-corrected chi connectivity index (χ2v) is 10.9. The Kier molecular flexibility index (Phi) is 6.99. The Balaban J connectivity index is 1.74. The third-order valence-corrected chi connectivity index (χ3v) is 8.46. The van der Waals surface area contributed by atoms with Crippen LogP contribution in [0.4, 0.5) is 0 Å². The van der Waals surface area contributed by atoms with Crippen molar-refractivity contribution >= 4 is 17.7 Å². The molecule has 8 heteroatoms. The largest absolute Gasteiger partial charge is 0.394 e. The first-order valence-corrected chi connectivity index (χ1v) is 12.8. The Bertz CT molecular complexity index is 969. The highest BCUT2D eigenvalue weighted by Crippen LogP contribution is 2.65. The monoisotopic (exact) mass is 485 g/mol. The molecule has 3 N–H and O–H groups in total. The van der Waals surface area contributed by atoms with Crippen LogP contribution in [0.5, 0.6) is 0 Å². The molecule has 1 aromatic carbocycles. The Labute approximate surface area is 207 Å². The van der Waals surface area contributed by atoms with E-state index in [2.05, 4.69) is 10.6 Å². The number of aliphatic hydroxyl groups is 1. The maximum absolute atomic E-state index is 14.1. The normalized spacial score (nSPS) is 34.3. The van der Waals surface area contributed by atoms with Gasteiger partial charge < -0.3 is 25.4 Å². The Morgan fingerprint density at radius 2 is 1.89 bits per heavy atom. The van der Waals surface area contributed by atoms with Crippen LogP contribution in [-0.4, -0.2) is 64.2 Å². The van der Waals surface area contributed by atoms with Gasteiger partial charge in [0.25, 0.3) is 0 Å². The maximum Gasteiger partial charge on any atom is 0.246 e. The number of rotatable bonds is 9. The van der Waals surface area contributed by atoms with Gasteiger partial charge >= 0.3 is 0 Å². The first-order valence-electron chi connectivity index (χ1n) is 12.8. The third kappa shape index (κ3) is 3.95. The predicted octanol–water partition coefficient (Wildman–Crippen LogP) is 1.86. The van der Waals surface area contributed by atoms with Gasteiger partial charge in [0.05, 0.1) is 30.1 Å². The molecular weight excluding hydrogens is 446 g/mol. The van der Waals surface area contributed by atoms with Gasteiger partial charge in [-0.05, 0) is 37.2 Å². The molecule has 3 fully saturated rings. The van der Waals surface area contributed by atoms with Crippen LogP contribution in [0.3, 0.4) is 0 Å². The molecule has 1 aromatic rings. The fraction of sp³-hybridized carbons (Fsp3) is 0.667. The van der Waals surface area contributed by atoms with Crippen molar-refractivity contribution in [2.75, 3.05) is 13.2 Å². The highest BCUT2D eigenvalue weighted by Gasteiger charge is 2.80. The van der Waals surface area contributed by atoms with E-state index in [1.165, 1.54) is 4.90 Å². The summed E-state index contributed by atoms with van der Waals surface area (Å²) in [6, 6.07) is 8.11. The van der Waals surface area contributed by atoms with Crippen molar-refractivity contribution in [3.8, 4) is 0 Å². The van der Waals surface area contributed by atoms with Crippen molar-refractivity contribution in [3.63, 3.8) is 0 Å². The van der Waals surface area contributed by atoms with Gasteiger partial charge in [0.2, 0.25) is 17.7 Å². The molecular formula is C27H39N3O5. The van der Waals surface area contributed by atoms with E-state index in [-0.39, 0.29) is 36.2 Å². The fourth-order valence-electron chi connectivity index (χ4n) is 6.59. The first-order chi connectivity index (χ1) is 16.6. The van der Waals surface area contributed by atoms with Crippen molar-refractivity contribution in [2.45, 2.75) is 77.3 Å². The minimum atomic E-state index is -1.11. The lowest BCUT2D eigenvalue weighted by Gasteiger charge is -2.38. The summed E-state index contributed by atoms with van der Waals surface area (Å²) in [6.07, 6.45) is 1.29. The summed E-state index contributed by atoms with van der Waals surface area (Å²) in [4.78, 5) is 42.8. The molecule has 0 aromatic heterocycles. The zero-order chi connectivity index (χ0) is 25.5. The van der Waals surface area contributed by atoms with Crippen LogP contribution in [0.15, 0.2) is 30.3 Å². The topological polar surface area (TPSA) is 108 Å². The number of hydrogen-bond acceptors (Lipinski definition) is 5. The number of ether oxygens (including phenoxy) is 1. The van der Waals surface area contributed by atoms with Gasteiger partial charge in [-0.2, -0.15) is 0 Å². The highest BCUT2D eigenvalue weighted by atomic mass is 16.5. The van der Waals surface area contributed by atoms with E-state index in [1.54, 1.807) is 0 Å². The van der Waals surface area contributed by atoms with Crippen molar-refractivity contribution in [1.82, 2.24) is 15.5 Å². The molecule has 8 nitrogen and oxygen atoms in total. The Morgan fingerprint density at radius 1 is 1.20 bits per heavy atom. The van der Waals surface area contributed by atoms with Crippen LogP contribution in [0.25, 0.3) is 0 Å². The average Bonchev–Trinajstić information content (AvgIpc) is 3.34. The number of hydrogen-bond donors (Lipinski definition) is 3. The van der Waals surface area contributed by atoms with Crippen LogP contribution < -0.4 is 10.6 Å². The van der Waals surface area contributed by atoms with E-state index in [0.29, 0.717) is 19.5 Å². The fourth-order valence-corrected chi connectivity index (χ4v) is 6.59. The van der Waals surface area contributed by atoms with Crippen molar-refractivity contribution in [3.05, 3.63) is 35.9 Å². The predicted molar refractivity (Wildman–Crippen MR) is 131 cm³/mol. The zero-order valence-electron chi connectivity index (χ0n) is 21.4. The number of carbonyl (C=O) groups is 3. The van der Waals surface area contributed by atoms with Gasteiger partial charge in [0.15, 0.2) is 0 Å². The van der Waals surface area contributed by atoms with Crippen LogP contribution in [-0.2, 0) is 25.7 Å². The summed E-state index contributed by atoms with van der Waals surface area (Å²) in [5.74, 6) is -2.33. The van der Waals surface area contributed by atoms with E-state index >= 15 is 0 Å². The number of carbonyl (C=O) groups excluding carboxylic acids is 3. The molecule has 3 aliphatic heterocycles. The second-order valence-electron chi connectivity index (χ2n) is 10.9. The smallest absolute Gasteiger partial charge is 0.246 e. The number of nitrogens with zero attached hydrogens (tertiary/aromatic N) is 1. The van der Waals surface area contributed by atoms with Gasteiger partial charge in [0, 0.05) is 13.1 Å². The standard InChI is InChI=1S/C27H39N3O5/c1-6-12-28-23(32)20-21-25(34)30(19(15-31)16(2)3)22(27(21)13-17(4)26(20,5)35-27)24(33)29-14-18-10-8-7-9-11-18/h7-11,16-17,19-22,31H,6,12-15H2,1-5H3,(H,28,32)(H,29,33)/t17?,19-,20-,21-,22?,26+,27?/m0/s1. The van der Waals surface area contributed by atoms with Crippen LogP contribution in [0.1, 0.15) is 53.0 Å². The minimum absolute atomic E-state index is 0.0140.